The van der Waals surface area contributed by atoms with Crippen molar-refractivity contribution in [3.8, 4) is 0 Å². The van der Waals surface area contributed by atoms with Crippen LogP contribution in [0.2, 0.25) is 0 Å². The number of carbonyl (C=O) groups excluding carboxylic acids is 1. The van der Waals surface area contributed by atoms with Crippen molar-refractivity contribution in [3.05, 3.63) is 47.9 Å². The van der Waals surface area contributed by atoms with Crippen molar-refractivity contribution in [1.82, 2.24) is 0 Å². The minimum atomic E-state index is -1.26. The highest BCUT2D eigenvalue weighted by Crippen LogP contribution is 2.29. The molecule has 1 aliphatic rings. The van der Waals surface area contributed by atoms with Crippen molar-refractivity contribution in [2.75, 3.05) is 5.32 Å². The van der Waals surface area contributed by atoms with Crippen LogP contribution in [-0.4, -0.2) is 28.1 Å². The summed E-state index contributed by atoms with van der Waals surface area (Å²) >= 11 is 1.55. The number of carboxylic acid groups (broad SMARTS) is 2. The van der Waals surface area contributed by atoms with Crippen LogP contribution in [0.15, 0.2) is 52.8 Å². The number of para-hydroxylation sites is 1. The molecule has 0 radical (unpaired) electrons. The fourth-order valence-electron chi connectivity index (χ4n) is 1.16. The molecule has 0 aromatic heterocycles. The van der Waals surface area contributed by atoms with E-state index in [4.69, 9.17) is 10.2 Å². The molecule has 1 heterocycles. The van der Waals surface area contributed by atoms with E-state index in [2.05, 4.69) is 5.32 Å². The highest BCUT2D eigenvalue weighted by atomic mass is 32.2. The summed E-state index contributed by atoms with van der Waals surface area (Å²) < 4.78 is 0. The van der Waals surface area contributed by atoms with Gasteiger partial charge in [0.05, 0.1) is 5.69 Å². The van der Waals surface area contributed by atoms with E-state index in [9.17, 15) is 14.4 Å². The van der Waals surface area contributed by atoms with Crippen LogP contribution >= 0.6 is 11.8 Å². The second kappa shape index (κ2) is 7.80. The number of hydrogen-bond acceptors (Lipinski definition) is 4. The Kier molecular flexibility index (Phi) is 6.05. The molecule has 0 fully saturated rings. The third-order valence-electron chi connectivity index (χ3n) is 1.93. The highest BCUT2D eigenvalue weighted by Gasteiger charge is 2.06. The van der Waals surface area contributed by atoms with Gasteiger partial charge in [0.25, 0.3) is 0 Å². The molecule has 20 heavy (non-hydrogen) atoms. The maximum Gasteiger partial charge on any atom is 0.328 e. The molecule has 1 aromatic rings. The normalized spacial score (nSPS) is 12.7. The summed E-state index contributed by atoms with van der Waals surface area (Å²) in [5.74, 6) is -2.58. The molecule has 1 aliphatic heterocycles. The summed E-state index contributed by atoms with van der Waals surface area (Å²) in [4.78, 5) is 31.2. The number of hydrogen-bond donors (Lipinski definition) is 3. The van der Waals surface area contributed by atoms with Gasteiger partial charge in [0.1, 0.15) is 0 Å². The molecule has 1 amide bonds. The summed E-state index contributed by atoms with van der Waals surface area (Å²) in [6.07, 6.45) is 2.65. The lowest BCUT2D eigenvalue weighted by Crippen LogP contribution is -2.06. The SMILES string of the molecule is O=C(O)C=CC(=O)O.O=C1C=CSc2ccccc2N1. The van der Waals surface area contributed by atoms with Gasteiger partial charge in [0.2, 0.25) is 5.91 Å². The van der Waals surface area contributed by atoms with Crippen LogP contribution < -0.4 is 5.32 Å². The zero-order valence-electron chi connectivity index (χ0n) is 10.1. The van der Waals surface area contributed by atoms with Crippen molar-refractivity contribution in [3.63, 3.8) is 0 Å². The molecule has 0 spiro atoms. The van der Waals surface area contributed by atoms with Gasteiger partial charge in [0.15, 0.2) is 0 Å². The molecule has 7 heteroatoms. The number of rotatable bonds is 2. The monoisotopic (exact) mass is 293 g/mol. The van der Waals surface area contributed by atoms with E-state index in [1.54, 1.807) is 17.2 Å². The van der Waals surface area contributed by atoms with E-state index >= 15 is 0 Å². The molecule has 0 bridgehead atoms. The van der Waals surface area contributed by atoms with Gasteiger partial charge in [0, 0.05) is 23.1 Å². The van der Waals surface area contributed by atoms with E-state index in [1.807, 2.05) is 24.3 Å². The zero-order valence-corrected chi connectivity index (χ0v) is 11.0. The minimum Gasteiger partial charge on any atom is -0.478 e. The molecule has 6 nitrogen and oxygen atoms in total. The summed E-state index contributed by atoms with van der Waals surface area (Å²) in [5, 5.41) is 20.2. The summed E-state index contributed by atoms with van der Waals surface area (Å²) in [6.45, 7) is 0. The maximum absolute atomic E-state index is 11.0. The van der Waals surface area contributed by atoms with Crippen molar-refractivity contribution in [1.29, 1.82) is 0 Å². The quantitative estimate of drug-likeness (QED) is 0.720. The largest absolute Gasteiger partial charge is 0.478 e. The van der Waals surface area contributed by atoms with E-state index in [1.165, 1.54) is 6.08 Å². The first kappa shape index (κ1) is 15.5. The van der Waals surface area contributed by atoms with Crippen molar-refractivity contribution in [2.45, 2.75) is 4.90 Å². The molecular weight excluding hydrogens is 282 g/mol. The summed E-state index contributed by atoms with van der Waals surface area (Å²) in [7, 11) is 0. The van der Waals surface area contributed by atoms with E-state index in [0.717, 1.165) is 10.6 Å². The Hall–Kier alpha value is -2.54. The smallest absolute Gasteiger partial charge is 0.328 e. The van der Waals surface area contributed by atoms with Crippen LogP contribution in [0.4, 0.5) is 5.69 Å². The maximum atomic E-state index is 11.0. The van der Waals surface area contributed by atoms with Crippen LogP contribution in [0, 0.1) is 0 Å². The fourth-order valence-corrected chi connectivity index (χ4v) is 1.90. The number of carbonyl (C=O) groups is 3. The number of aliphatic carboxylic acids is 2. The predicted molar refractivity (Wildman–Crippen MR) is 74.5 cm³/mol. The van der Waals surface area contributed by atoms with Crippen molar-refractivity contribution < 1.29 is 24.6 Å². The Labute approximate surface area is 118 Å². The topological polar surface area (TPSA) is 104 Å². The Bertz CT molecular complexity index is 564. The fraction of sp³-hybridized carbons (Fsp3) is 0. The first-order valence-electron chi connectivity index (χ1n) is 5.36. The van der Waals surface area contributed by atoms with Gasteiger partial charge in [-0.25, -0.2) is 9.59 Å². The molecule has 0 saturated carbocycles. The Balaban J connectivity index is 0.000000221. The third-order valence-corrected chi connectivity index (χ3v) is 2.81. The lowest BCUT2D eigenvalue weighted by molar-refractivity contribution is -0.134. The third kappa shape index (κ3) is 5.87. The number of nitrogens with one attached hydrogen (secondary N) is 1. The average molecular weight is 293 g/mol. The van der Waals surface area contributed by atoms with Gasteiger partial charge in [-0.3, -0.25) is 4.79 Å². The molecule has 3 N–H and O–H groups in total. The number of anilines is 1. The second-order valence-corrected chi connectivity index (χ2v) is 4.36. The molecule has 0 unspecified atom stereocenters. The molecule has 0 aliphatic carbocycles. The number of thioether (sulfide) groups is 1. The highest BCUT2D eigenvalue weighted by molar-refractivity contribution is 8.02. The zero-order chi connectivity index (χ0) is 15.0. The number of amides is 1. The van der Waals surface area contributed by atoms with Gasteiger partial charge in [-0.1, -0.05) is 23.9 Å². The van der Waals surface area contributed by atoms with E-state index in [-0.39, 0.29) is 5.91 Å². The summed E-state index contributed by atoms with van der Waals surface area (Å²) in [6, 6.07) is 7.74. The van der Waals surface area contributed by atoms with E-state index in [0.29, 0.717) is 12.2 Å². The second-order valence-electron chi connectivity index (χ2n) is 3.42. The Morgan fingerprint density at radius 3 is 2.30 bits per heavy atom. The van der Waals surface area contributed by atoms with Crippen molar-refractivity contribution in [2.24, 2.45) is 0 Å². The molecule has 0 atom stereocenters. The molecule has 104 valence electrons. The molecule has 1 aromatic carbocycles. The number of fused-ring (bicyclic) bond motifs is 1. The first-order chi connectivity index (χ1) is 9.49. The number of carboxylic acids is 2. The summed E-state index contributed by atoms with van der Waals surface area (Å²) in [5.41, 5.74) is 0.887. The lowest BCUT2D eigenvalue weighted by atomic mass is 10.3. The molecule has 2 rings (SSSR count). The van der Waals surface area contributed by atoms with Gasteiger partial charge in [-0.05, 0) is 17.5 Å². The van der Waals surface area contributed by atoms with E-state index < -0.39 is 11.9 Å². The van der Waals surface area contributed by atoms with Crippen molar-refractivity contribution >= 4 is 35.3 Å². The van der Waals surface area contributed by atoms with Gasteiger partial charge in [-0.2, -0.15) is 0 Å². The molecular formula is C13H11NO5S. The average Bonchev–Trinajstić information content (AvgIpc) is 2.57. The number of benzene rings is 1. The lowest BCUT2D eigenvalue weighted by Gasteiger charge is -2.03. The van der Waals surface area contributed by atoms with Gasteiger partial charge < -0.3 is 15.5 Å². The minimum absolute atomic E-state index is 0.0625. The van der Waals surface area contributed by atoms with Crippen LogP contribution in [0.25, 0.3) is 0 Å². The van der Waals surface area contributed by atoms with Crippen LogP contribution in [-0.2, 0) is 14.4 Å². The molecule has 0 saturated heterocycles. The van der Waals surface area contributed by atoms with Gasteiger partial charge >= 0.3 is 11.9 Å². The standard InChI is InChI=1S/C9H7NOS.C4H4O4/c11-9-5-6-12-8-4-2-1-3-7(8)10-9;5-3(6)1-2-4(7)8/h1-6H,(H,10,11);1-2H,(H,5,6)(H,7,8). The van der Waals surface area contributed by atoms with Crippen LogP contribution in [0.1, 0.15) is 0 Å². The Morgan fingerprint density at radius 2 is 1.70 bits per heavy atom. The van der Waals surface area contributed by atoms with Gasteiger partial charge in [-0.15, -0.1) is 0 Å². The van der Waals surface area contributed by atoms with Crippen LogP contribution in [0.5, 0.6) is 0 Å². The first-order valence-corrected chi connectivity index (χ1v) is 6.24. The predicted octanol–water partition coefficient (Wildman–Crippen LogP) is 1.96. The van der Waals surface area contributed by atoms with Crippen LogP contribution in [0.3, 0.4) is 0 Å². The Morgan fingerprint density at radius 1 is 1.10 bits per heavy atom.